The van der Waals surface area contributed by atoms with Crippen LogP contribution in [0.15, 0.2) is 18.2 Å². The standard InChI is InChI=1S/C20H27F3/c1-2-3-4-6-14-9-11-15(12-10-14)17-13-16-7-5-8-18(21)19(16)20(17,22)23/h5,7-8,14-15,17H,2-4,6,9-13H2,1H3. The Balaban J connectivity index is 1.63. The van der Waals surface area contributed by atoms with Gasteiger partial charge in [-0.15, -0.1) is 0 Å². The molecule has 0 aliphatic heterocycles. The molecule has 1 aromatic carbocycles. The van der Waals surface area contributed by atoms with E-state index >= 15 is 0 Å². The number of fused-ring (bicyclic) bond motifs is 1. The van der Waals surface area contributed by atoms with Crippen LogP contribution >= 0.6 is 0 Å². The number of halogens is 3. The van der Waals surface area contributed by atoms with Gasteiger partial charge in [0.15, 0.2) is 0 Å². The average molecular weight is 324 g/mol. The average Bonchev–Trinajstić information content (AvgIpc) is 2.81. The molecule has 23 heavy (non-hydrogen) atoms. The summed E-state index contributed by atoms with van der Waals surface area (Å²) in [6.45, 7) is 2.20. The van der Waals surface area contributed by atoms with Crippen LogP contribution in [-0.4, -0.2) is 0 Å². The van der Waals surface area contributed by atoms with Crippen molar-refractivity contribution < 1.29 is 13.2 Å². The number of benzene rings is 1. The van der Waals surface area contributed by atoms with E-state index in [2.05, 4.69) is 6.92 Å². The summed E-state index contributed by atoms with van der Waals surface area (Å²) in [6.07, 6.45) is 9.26. The van der Waals surface area contributed by atoms with Gasteiger partial charge in [0.2, 0.25) is 0 Å². The highest BCUT2D eigenvalue weighted by Gasteiger charge is 2.53. The quantitative estimate of drug-likeness (QED) is 0.544. The van der Waals surface area contributed by atoms with Crippen LogP contribution in [0.3, 0.4) is 0 Å². The number of unbranched alkanes of at least 4 members (excludes halogenated alkanes) is 2. The van der Waals surface area contributed by atoms with Crippen molar-refractivity contribution in [2.75, 3.05) is 0 Å². The van der Waals surface area contributed by atoms with Crippen molar-refractivity contribution >= 4 is 0 Å². The first-order valence-corrected chi connectivity index (χ1v) is 9.19. The summed E-state index contributed by atoms with van der Waals surface area (Å²) in [6, 6.07) is 4.39. The van der Waals surface area contributed by atoms with Gasteiger partial charge in [-0.25, -0.2) is 13.2 Å². The molecule has 1 aromatic rings. The van der Waals surface area contributed by atoms with Gasteiger partial charge in [0.25, 0.3) is 5.92 Å². The fraction of sp³-hybridized carbons (Fsp3) is 0.700. The van der Waals surface area contributed by atoms with E-state index in [1.54, 1.807) is 12.1 Å². The Morgan fingerprint density at radius 3 is 2.48 bits per heavy atom. The first kappa shape index (κ1) is 16.9. The van der Waals surface area contributed by atoms with E-state index in [4.69, 9.17) is 0 Å². The number of rotatable bonds is 5. The molecule has 0 N–H and O–H groups in total. The Hall–Kier alpha value is -0.990. The largest absolute Gasteiger partial charge is 0.279 e. The molecule has 0 amide bonds. The summed E-state index contributed by atoms with van der Waals surface area (Å²) in [5.74, 6) is -3.68. The van der Waals surface area contributed by atoms with Crippen molar-refractivity contribution in [2.45, 2.75) is 70.6 Å². The normalized spacial score (nSPS) is 29.5. The van der Waals surface area contributed by atoms with Crippen LogP contribution in [0.4, 0.5) is 13.2 Å². The minimum absolute atomic E-state index is 0.0409. The molecule has 0 nitrogen and oxygen atoms in total. The second kappa shape index (κ2) is 6.86. The van der Waals surface area contributed by atoms with E-state index in [1.807, 2.05) is 0 Å². The zero-order chi connectivity index (χ0) is 16.4. The maximum absolute atomic E-state index is 14.8. The van der Waals surface area contributed by atoms with Crippen LogP contribution in [0, 0.1) is 23.6 Å². The summed E-state index contributed by atoms with van der Waals surface area (Å²) in [5, 5.41) is 0. The lowest BCUT2D eigenvalue weighted by molar-refractivity contribution is -0.0840. The van der Waals surface area contributed by atoms with Crippen LogP contribution in [0.1, 0.15) is 69.4 Å². The van der Waals surface area contributed by atoms with Gasteiger partial charge in [0.05, 0.1) is 5.56 Å². The van der Waals surface area contributed by atoms with Crippen molar-refractivity contribution in [3.63, 3.8) is 0 Å². The third-order valence-corrected chi connectivity index (χ3v) is 6.02. The molecule has 2 aliphatic carbocycles. The van der Waals surface area contributed by atoms with E-state index in [-0.39, 0.29) is 11.5 Å². The molecule has 0 saturated heterocycles. The highest BCUT2D eigenvalue weighted by atomic mass is 19.3. The van der Waals surface area contributed by atoms with Crippen LogP contribution < -0.4 is 0 Å². The third-order valence-electron chi connectivity index (χ3n) is 6.02. The third kappa shape index (κ3) is 3.29. The molecule has 1 atom stereocenters. The Morgan fingerprint density at radius 2 is 1.83 bits per heavy atom. The maximum atomic E-state index is 14.8. The van der Waals surface area contributed by atoms with Gasteiger partial charge in [0, 0.05) is 5.92 Å². The van der Waals surface area contributed by atoms with Gasteiger partial charge in [-0.3, -0.25) is 0 Å². The molecule has 128 valence electrons. The van der Waals surface area contributed by atoms with Crippen LogP contribution in [0.5, 0.6) is 0 Å². The molecule has 1 fully saturated rings. The second-order valence-corrected chi connectivity index (χ2v) is 7.48. The van der Waals surface area contributed by atoms with Gasteiger partial charge in [-0.05, 0) is 42.7 Å². The molecule has 0 aromatic heterocycles. The van der Waals surface area contributed by atoms with Crippen molar-refractivity contribution in [3.8, 4) is 0 Å². The van der Waals surface area contributed by atoms with Crippen molar-refractivity contribution in [2.24, 2.45) is 17.8 Å². The summed E-state index contributed by atoms with van der Waals surface area (Å²) >= 11 is 0. The van der Waals surface area contributed by atoms with Gasteiger partial charge in [-0.1, -0.05) is 57.6 Å². The monoisotopic (exact) mass is 324 g/mol. The van der Waals surface area contributed by atoms with E-state index in [9.17, 15) is 13.2 Å². The maximum Gasteiger partial charge on any atom is 0.279 e. The van der Waals surface area contributed by atoms with Gasteiger partial charge < -0.3 is 0 Å². The lowest BCUT2D eigenvalue weighted by Gasteiger charge is -2.35. The predicted molar refractivity (Wildman–Crippen MR) is 87.1 cm³/mol. The van der Waals surface area contributed by atoms with Crippen LogP contribution in [0.25, 0.3) is 0 Å². The minimum atomic E-state index is -3.00. The molecule has 3 heteroatoms. The molecule has 3 rings (SSSR count). The van der Waals surface area contributed by atoms with Gasteiger partial charge >= 0.3 is 0 Å². The molecule has 1 saturated carbocycles. The summed E-state index contributed by atoms with van der Waals surface area (Å²) in [4.78, 5) is 0. The van der Waals surface area contributed by atoms with Crippen molar-refractivity contribution in [1.29, 1.82) is 0 Å². The predicted octanol–water partition coefficient (Wildman–Crippen LogP) is 6.48. The highest BCUT2D eigenvalue weighted by molar-refractivity contribution is 5.38. The lowest BCUT2D eigenvalue weighted by Crippen LogP contribution is -2.31. The first-order valence-electron chi connectivity index (χ1n) is 9.19. The van der Waals surface area contributed by atoms with Gasteiger partial charge in [-0.2, -0.15) is 0 Å². The number of hydrogen-bond acceptors (Lipinski definition) is 0. The van der Waals surface area contributed by atoms with E-state index < -0.39 is 17.7 Å². The number of alkyl halides is 2. The fourth-order valence-electron chi connectivity index (χ4n) is 4.69. The number of hydrogen-bond donors (Lipinski definition) is 0. The first-order chi connectivity index (χ1) is 11.0. The Kier molecular flexibility index (Phi) is 5.03. The molecular formula is C20H27F3. The van der Waals surface area contributed by atoms with Crippen molar-refractivity contribution in [3.05, 3.63) is 35.1 Å². The molecule has 0 heterocycles. The van der Waals surface area contributed by atoms with Gasteiger partial charge in [0.1, 0.15) is 5.82 Å². The van der Waals surface area contributed by atoms with Crippen molar-refractivity contribution in [1.82, 2.24) is 0 Å². The smallest absolute Gasteiger partial charge is 0.206 e. The zero-order valence-corrected chi connectivity index (χ0v) is 14.0. The fourth-order valence-corrected chi connectivity index (χ4v) is 4.69. The second-order valence-electron chi connectivity index (χ2n) is 7.48. The highest BCUT2D eigenvalue weighted by Crippen LogP contribution is 2.53. The Bertz CT molecular complexity index is 530. The van der Waals surface area contributed by atoms with Crippen LogP contribution in [-0.2, 0) is 12.3 Å². The van der Waals surface area contributed by atoms with Crippen LogP contribution in [0.2, 0.25) is 0 Å². The van der Waals surface area contributed by atoms with E-state index in [1.165, 1.54) is 31.7 Å². The SMILES string of the molecule is CCCCCC1CCC(C2Cc3cccc(F)c3C2(F)F)CC1. The molecular weight excluding hydrogens is 297 g/mol. The summed E-state index contributed by atoms with van der Waals surface area (Å²) in [7, 11) is 0. The van der Waals surface area contributed by atoms with E-state index in [0.29, 0.717) is 17.9 Å². The minimum Gasteiger partial charge on any atom is -0.206 e. The Labute approximate surface area is 137 Å². The summed E-state index contributed by atoms with van der Waals surface area (Å²) < 4.78 is 43.4. The zero-order valence-electron chi connectivity index (χ0n) is 14.0. The molecule has 1 unspecified atom stereocenters. The topological polar surface area (TPSA) is 0 Å². The Morgan fingerprint density at radius 1 is 1.09 bits per heavy atom. The van der Waals surface area contributed by atoms with E-state index in [0.717, 1.165) is 25.7 Å². The summed E-state index contributed by atoms with van der Waals surface area (Å²) in [5.41, 5.74) is 0.195. The molecule has 2 aliphatic rings. The molecule has 0 spiro atoms. The molecule has 0 radical (unpaired) electrons. The molecule has 0 bridgehead atoms. The lowest BCUT2D eigenvalue weighted by atomic mass is 9.72.